The maximum atomic E-state index is 13.4. The topological polar surface area (TPSA) is 12.0 Å². The predicted octanol–water partition coefficient (Wildman–Crippen LogP) is 4.76. The third-order valence-corrected chi connectivity index (χ3v) is 3.32. The Morgan fingerprint density at radius 3 is 2.05 bits per heavy atom. The van der Waals surface area contributed by atoms with Crippen LogP contribution in [-0.2, 0) is 6.54 Å². The zero-order valence-electron chi connectivity index (χ0n) is 9.78. The molecule has 0 fully saturated rings. The lowest BCUT2D eigenvalue weighted by Gasteiger charge is -2.11. The summed E-state index contributed by atoms with van der Waals surface area (Å²) >= 11 is 3.07. The molecule has 1 nitrogen and oxygen atoms in total. The van der Waals surface area contributed by atoms with Gasteiger partial charge in [-0.3, -0.25) is 0 Å². The van der Waals surface area contributed by atoms with E-state index in [1.165, 1.54) is 6.07 Å². The highest BCUT2D eigenvalue weighted by molar-refractivity contribution is 9.10. The van der Waals surface area contributed by atoms with E-state index in [1.54, 1.807) is 0 Å². The molecule has 0 aliphatic carbocycles. The van der Waals surface area contributed by atoms with Crippen LogP contribution in [0.4, 0.5) is 27.6 Å². The van der Waals surface area contributed by atoms with E-state index in [2.05, 4.69) is 21.2 Å². The first-order valence-electron chi connectivity index (χ1n) is 5.41. The fourth-order valence-corrected chi connectivity index (χ4v) is 2.07. The minimum atomic E-state index is -1.51. The Morgan fingerprint density at radius 2 is 1.50 bits per heavy atom. The first-order chi connectivity index (χ1) is 9.40. The molecule has 20 heavy (non-hydrogen) atoms. The van der Waals surface area contributed by atoms with Crippen LogP contribution >= 0.6 is 15.9 Å². The molecule has 1 N–H and O–H groups in total. The quantitative estimate of drug-likeness (QED) is 0.621. The lowest BCUT2D eigenvalue weighted by atomic mass is 10.2. The molecule has 0 aromatic heterocycles. The van der Waals surface area contributed by atoms with Crippen molar-refractivity contribution in [2.24, 2.45) is 0 Å². The summed E-state index contributed by atoms with van der Waals surface area (Å²) in [6.07, 6.45) is 0. The lowest BCUT2D eigenvalue weighted by molar-refractivity contribution is 0.458. The van der Waals surface area contributed by atoms with E-state index in [1.807, 2.05) is 0 Å². The molecule has 2 aromatic carbocycles. The van der Waals surface area contributed by atoms with Crippen molar-refractivity contribution in [1.82, 2.24) is 0 Å². The first kappa shape index (κ1) is 14.8. The summed E-state index contributed by atoms with van der Waals surface area (Å²) in [5, 5.41) is 2.26. The number of hydrogen-bond donors (Lipinski definition) is 1. The van der Waals surface area contributed by atoms with E-state index in [-0.39, 0.29) is 12.6 Å². The van der Waals surface area contributed by atoms with Crippen molar-refractivity contribution in [3.63, 3.8) is 0 Å². The normalized spacial score (nSPS) is 10.7. The second kappa shape index (κ2) is 5.78. The minimum absolute atomic E-state index is 0.129. The molecule has 0 saturated heterocycles. The van der Waals surface area contributed by atoms with Crippen molar-refractivity contribution in [1.29, 1.82) is 0 Å². The molecule has 0 heterocycles. The van der Waals surface area contributed by atoms with E-state index in [0.29, 0.717) is 10.0 Å². The zero-order valence-corrected chi connectivity index (χ0v) is 11.4. The summed E-state index contributed by atoms with van der Waals surface area (Å²) in [7, 11) is 0. The molecule has 0 amide bonds. The Labute approximate surface area is 119 Å². The second-order valence-electron chi connectivity index (χ2n) is 3.93. The van der Waals surface area contributed by atoms with Gasteiger partial charge in [0.25, 0.3) is 0 Å². The van der Waals surface area contributed by atoms with Gasteiger partial charge in [0, 0.05) is 17.1 Å². The molecule has 0 saturated carbocycles. The number of anilines is 1. The molecule has 0 spiro atoms. The van der Waals surface area contributed by atoms with Gasteiger partial charge in [0.1, 0.15) is 11.5 Å². The van der Waals surface area contributed by atoms with Crippen LogP contribution in [-0.4, -0.2) is 0 Å². The number of benzene rings is 2. The summed E-state index contributed by atoms with van der Waals surface area (Å²) in [6.45, 7) is -0.141. The first-order valence-corrected chi connectivity index (χ1v) is 6.20. The van der Waals surface area contributed by atoms with Crippen LogP contribution in [0.1, 0.15) is 5.56 Å². The number of halogens is 6. The predicted molar refractivity (Wildman–Crippen MR) is 67.7 cm³/mol. The van der Waals surface area contributed by atoms with Gasteiger partial charge in [-0.05, 0) is 17.7 Å². The van der Waals surface area contributed by atoms with E-state index >= 15 is 0 Å². The molecule has 0 bridgehead atoms. The lowest BCUT2D eigenvalue weighted by Crippen LogP contribution is -2.07. The Balaban J connectivity index is 2.27. The molecule has 0 atom stereocenters. The van der Waals surface area contributed by atoms with Crippen molar-refractivity contribution in [3.05, 3.63) is 63.4 Å². The summed E-state index contributed by atoms with van der Waals surface area (Å²) in [5.41, 5.74) is -0.436. The largest absolute Gasteiger partial charge is 0.376 e. The molecule has 0 unspecified atom stereocenters. The van der Waals surface area contributed by atoms with Crippen LogP contribution in [0.2, 0.25) is 0 Å². The molecule has 106 valence electrons. The average molecular weight is 352 g/mol. The highest BCUT2D eigenvalue weighted by Gasteiger charge is 2.19. The summed E-state index contributed by atoms with van der Waals surface area (Å²) < 4.78 is 66.0. The van der Waals surface area contributed by atoms with Gasteiger partial charge in [-0.1, -0.05) is 22.0 Å². The third kappa shape index (κ3) is 2.92. The Hall–Kier alpha value is -1.63. The standard InChI is InChI=1S/C13H7BrF5N/c14-8-3-7(15)2-1-6(8)5-20-13-11(18)9(16)4-10(17)12(13)19/h1-4,20H,5H2. The van der Waals surface area contributed by atoms with Crippen LogP contribution in [0.15, 0.2) is 28.7 Å². The Kier molecular flexibility index (Phi) is 4.27. The molecule has 7 heteroatoms. The maximum Gasteiger partial charge on any atom is 0.185 e. The van der Waals surface area contributed by atoms with E-state index in [0.717, 1.165) is 12.1 Å². The van der Waals surface area contributed by atoms with E-state index in [4.69, 9.17) is 0 Å². The highest BCUT2D eigenvalue weighted by atomic mass is 79.9. The molecule has 0 aliphatic heterocycles. The molecular formula is C13H7BrF5N. The fourth-order valence-electron chi connectivity index (χ4n) is 1.58. The van der Waals surface area contributed by atoms with Crippen molar-refractivity contribution in [2.75, 3.05) is 5.32 Å². The number of rotatable bonds is 3. The average Bonchev–Trinajstić information content (AvgIpc) is 2.38. The summed E-state index contributed by atoms with van der Waals surface area (Å²) in [6, 6.07) is 3.82. The van der Waals surface area contributed by atoms with E-state index in [9.17, 15) is 22.0 Å². The Bertz CT molecular complexity index is 633. The van der Waals surface area contributed by atoms with Crippen LogP contribution in [0.3, 0.4) is 0 Å². The molecule has 0 radical (unpaired) electrons. The number of nitrogens with one attached hydrogen (secondary N) is 1. The fraction of sp³-hybridized carbons (Fsp3) is 0.0769. The summed E-state index contributed by atoms with van der Waals surface area (Å²) in [4.78, 5) is 0. The van der Waals surface area contributed by atoms with Crippen molar-refractivity contribution in [2.45, 2.75) is 6.54 Å². The van der Waals surface area contributed by atoms with Crippen molar-refractivity contribution >= 4 is 21.6 Å². The Morgan fingerprint density at radius 1 is 0.900 bits per heavy atom. The van der Waals surface area contributed by atoms with Gasteiger partial charge in [0.05, 0.1) is 0 Å². The van der Waals surface area contributed by atoms with Crippen LogP contribution in [0, 0.1) is 29.1 Å². The third-order valence-electron chi connectivity index (χ3n) is 2.58. The molecular weight excluding hydrogens is 345 g/mol. The maximum absolute atomic E-state index is 13.4. The van der Waals surface area contributed by atoms with Gasteiger partial charge in [-0.2, -0.15) is 0 Å². The van der Waals surface area contributed by atoms with Crippen LogP contribution in [0.25, 0.3) is 0 Å². The minimum Gasteiger partial charge on any atom is -0.376 e. The van der Waals surface area contributed by atoms with Gasteiger partial charge in [-0.25, -0.2) is 22.0 Å². The number of hydrogen-bond acceptors (Lipinski definition) is 1. The SMILES string of the molecule is Fc1ccc(CNc2c(F)c(F)cc(F)c2F)c(Br)c1. The highest BCUT2D eigenvalue weighted by Crippen LogP contribution is 2.26. The van der Waals surface area contributed by atoms with Gasteiger partial charge in [0.15, 0.2) is 23.3 Å². The summed E-state index contributed by atoms with van der Waals surface area (Å²) in [5.74, 6) is -6.51. The molecule has 0 aliphatic rings. The van der Waals surface area contributed by atoms with Crippen LogP contribution in [0.5, 0.6) is 0 Å². The van der Waals surface area contributed by atoms with E-state index < -0.39 is 34.8 Å². The zero-order chi connectivity index (χ0) is 14.9. The second-order valence-corrected chi connectivity index (χ2v) is 4.79. The van der Waals surface area contributed by atoms with Crippen molar-refractivity contribution in [3.8, 4) is 0 Å². The van der Waals surface area contributed by atoms with Crippen molar-refractivity contribution < 1.29 is 22.0 Å². The van der Waals surface area contributed by atoms with Gasteiger partial charge in [0.2, 0.25) is 0 Å². The van der Waals surface area contributed by atoms with Gasteiger partial charge >= 0.3 is 0 Å². The monoisotopic (exact) mass is 351 g/mol. The van der Waals surface area contributed by atoms with Gasteiger partial charge in [-0.15, -0.1) is 0 Å². The molecule has 2 aromatic rings. The smallest absolute Gasteiger partial charge is 0.185 e. The molecule has 2 rings (SSSR count). The van der Waals surface area contributed by atoms with Gasteiger partial charge < -0.3 is 5.32 Å². The van der Waals surface area contributed by atoms with Crippen LogP contribution < -0.4 is 5.32 Å².